The van der Waals surface area contributed by atoms with Crippen molar-refractivity contribution in [1.29, 1.82) is 5.26 Å². The molecule has 0 radical (unpaired) electrons. The Balaban J connectivity index is 1.97. The largest absolute Gasteiger partial charge is 0.341 e. The van der Waals surface area contributed by atoms with E-state index >= 15 is 0 Å². The summed E-state index contributed by atoms with van der Waals surface area (Å²) < 4.78 is 13.3. The zero-order valence-electron chi connectivity index (χ0n) is 10.7. The van der Waals surface area contributed by atoms with Crippen molar-refractivity contribution in [3.63, 3.8) is 0 Å². The fourth-order valence-corrected chi connectivity index (χ4v) is 2.46. The van der Waals surface area contributed by atoms with Gasteiger partial charge < -0.3 is 4.98 Å². The Morgan fingerprint density at radius 2 is 2.21 bits per heavy atom. The number of nitrogens with one attached hydrogen (secondary N) is 1. The number of aryl methyl sites for hydroxylation is 1. The van der Waals surface area contributed by atoms with Gasteiger partial charge in [0.05, 0.1) is 18.0 Å². The van der Waals surface area contributed by atoms with Gasteiger partial charge in [0.25, 0.3) is 0 Å². The molecule has 19 heavy (non-hydrogen) atoms. The number of H-pyrrole nitrogens is 1. The molecule has 3 rings (SSSR count). The number of rotatable bonds is 2. The molecule has 2 aromatic rings. The maximum Gasteiger partial charge on any atom is 0.127 e. The van der Waals surface area contributed by atoms with Crippen LogP contribution in [0.5, 0.6) is 0 Å². The monoisotopic (exact) mass is 255 g/mol. The van der Waals surface area contributed by atoms with E-state index in [1.54, 1.807) is 25.3 Å². The minimum absolute atomic E-state index is 0.212. The van der Waals surface area contributed by atoms with E-state index in [-0.39, 0.29) is 5.82 Å². The minimum Gasteiger partial charge on any atom is -0.341 e. The molecule has 96 valence electrons. The first kappa shape index (κ1) is 11.9. The number of hydrogen-bond acceptors (Lipinski definition) is 2. The third kappa shape index (κ3) is 1.82. The second-order valence-corrected chi connectivity index (χ2v) is 5.16. The molecule has 0 amide bonds. The van der Waals surface area contributed by atoms with E-state index in [9.17, 15) is 9.65 Å². The molecule has 1 fully saturated rings. The summed E-state index contributed by atoms with van der Waals surface area (Å²) in [5.74, 6) is 0.522. The molecule has 1 N–H and O–H groups in total. The van der Waals surface area contributed by atoms with E-state index in [0.717, 1.165) is 36.3 Å². The number of halogens is 1. The topological polar surface area (TPSA) is 52.5 Å². The van der Waals surface area contributed by atoms with Crippen LogP contribution >= 0.6 is 0 Å². The SMILES string of the molecule is Cc1cc(-c2cnc(C3(C#N)CCC3)[nH]2)ccc1F. The first-order chi connectivity index (χ1) is 9.14. The second-order valence-electron chi connectivity index (χ2n) is 5.16. The predicted octanol–water partition coefficient (Wildman–Crippen LogP) is 3.47. The molecule has 0 atom stereocenters. The lowest BCUT2D eigenvalue weighted by Crippen LogP contribution is -2.33. The zero-order chi connectivity index (χ0) is 13.5. The molecule has 4 heteroatoms. The predicted molar refractivity (Wildman–Crippen MR) is 69.9 cm³/mol. The van der Waals surface area contributed by atoms with Crippen LogP contribution in [-0.4, -0.2) is 9.97 Å². The molecular formula is C15H14FN3. The van der Waals surface area contributed by atoms with Gasteiger partial charge >= 0.3 is 0 Å². The summed E-state index contributed by atoms with van der Waals surface area (Å²) in [6.45, 7) is 1.73. The van der Waals surface area contributed by atoms with Crippen molar-refractivity contribution in [2.45, 2.75) is 31.6 Å². The Hall–Kier alpha value is -2.15. The Bertz CT molecular complexity index is 662. The van der Waals surface area contributed by atoms with Crippen LogP contribution in [0.4, 0.5) is 4.39 Å². The molecule has 0 saturated heterocycles. The van der Waals surface area contributed by atoms with Gasteiger partial charge in [-0.25, -0.2) is 9.37 Å². The Morgan fingerprint density at radius 1 is 1.42 bits per heavy atom. The molecule has 1 aliphatic rings. The average molecular weight is 255 g/mol. The molecule has 1 aliphatic carbocycles. The zero-order valence-corrected chi connectivity index (χ0v) is 10.7. The maximum atomic E-state index is 13.3. The van der Waals surface area contributed by atoms with E-state index in [1.807, 2.05) is 0 Å². The Morgan fingerprint density at radius 3 is 2.79 bits per heavy atom. The van der Waals surface area contributed by atoms with Gasteiger partial charge in [-0.15, -0.1) is 0 Å². The van der Waals surface area contributed by atoms with E-state index < -0.39 is 5.41 Å². The number of nitriles is 1. The van der Waals surface area contributed by atoms with Gasteiger partial charge in [0, 0.05) is 5.56 Å². The third-order valence-corrected chi connectivity index (χ3v) is 3.92. The van der Waals surface area contributed by atoms with Gasteiger partial charge in [0.15, 0.2) is 0 Å². The van der Waals surface area contributed by atoms with Crippen molar-refractivity contribution in [2.75, 3.05) is 0 Å². The van der Waals surface area contributed by atoms with Crippen LogP contribution in [-0.2, 0) is 5.41 Å². The highest BCUT2D eigenvalue weighted by molar-refractivity contribution is 5.60. The summed E-state index contributed by atoms with van der Waals surface area (Å²) in [7, 11) is 0. The smallest absolute Gasteiger partial charge is 0.127 e. The Labute approximate surface area is 111 Å². The van der Waals surface area contributed by atoms with Crippen molar-refractivity contribution in [1.82, 2.24) is 9.97 Å². The van der Waals surface area contributed by atoms with Crippen molar-refractivity contribution in [2.24, 2.45) is 0 Å². The summed E-state index contributed by atoms with van der Waals surface area (Å²) >= 11 is 0. The number of aromatic nitrogens is 2. The quantitative estimate of drug-likeness (QED) is 0.893. The molecular weight excluding hydrogens is 241 g/mol. The summed E-state index contributed by atoms with van der Waals surface area (Å²) in [4.78, 5) is 7.55. The van der Waals surface area contributed by atoms with Crippen LogP contribution in [0.3, 0.4) is 0 Å². The van der Waals surface area contributed by atoms with Gasteiger partial charge in [0.2, 0.25) is 0 Å². The third-order valence-electron chi connectivity index (χ3n) is 3.92. The van der Waals surface area contributed by atoms with Crippen LogP contribution in [0.15, 0.2) is 24.4 Å². The molecule has 1 aromatic heterocycles. The fourth-order valence-electron chi connectivity index (χ4n) is 2.46. The highest BCUT2D eigenvalue weighted by atomic mass is 19.1. The van der Waals surface area contributed by atoms with Gasteiger partial charge in [-0.05, 0) is 49.9 Å². The maximum absolute atomic E-state index is 13.3. The van der Waals surface area contributed by atoms with Crippen LogP contribution < -0.4 is 0 Å². The fraction of sp³-hybridized carbons (Fsp3) is 0.333. The first-order valence-electron chi connectivity index (χ1n) is 6.38. The van der Waals surface area contributed by atoms with Crippen molar-refractivity contribution >= 4 is 0 Å². The lowest BCUT2D eigenvalue weighted by Gasteiger charge is -2.32. The van der Waals surface area contributed by atoms with Gasteiger partial charge in [0.1, 0.15) is 17.1 Å². The molecule has 1 aromatic carbocycles. The molecule has 1 saturated carbocycles. The molecule has 3 nitrogen and oxygen atoms in total. The van der Waals surface area contributed by atoms with Gasteiger partial charge in [-0.1, -0.05) is 0 Å². The summed E-state index contributed by atoms with van der Waals surface area (Å²) in [5.41, 5.74) is 1.89. The van der Waals surface area contributed by atoms with Gasteiger partial charge in [-0.2, -0.15) is 5.26 Å². The molecule has 0 aliphatic heterocycles. The lowest BCUT2D eigenvalue weighted by molar-refractivity contribution is 0.309. The van der Waals surface area contributed by atoms with Crippen molar-refractivity contribution in [3.05, 3.63) is 41.6 Å². The number of nitrogens with zero attached hydrogens (tertiary/aromatic N) is 2. The van der Waals surface area contributed by atoms with Crippen LogP contribution in [0.1, 0.15) is 30.7 Å². The highest BCUT2D eigenvalue weighted by Crippen LogP contribution is 2.42. The van der Waals surface area contributed by atoms with Crippen LogP contribution in [0, 0.1) is 24.1 Å². The van der Waals surface area contributed by atoms with Gasteiger partial charge in [-0.3, -0.25) is 0 Å². The summed E-state index contributed by atoms with van der Waals surface area (Å²) in [6.07, 6.45) is 4.51. The highest BCUT2D eigenvalue weighted by Gasteiger charge is 2.41. The second kappa shape index (κ2) is 4.20. The molecule has 0 unspecified atom stereocenters. The van der Waals surface area contributed by atoms with E-state index in [2.05, 4.69) is 16.0 Å². The van der Waals surface area contributed by atoms with E-state index in [1.165, 1.54) is 6.07 Å². The van der Waals surface area contributed by atoms with E-state index in [0.29, 0.717) is 5.56 Å². The lowest BCUT2D eigenvalue weighted by atomic mass is 9.69. The average Bonchev–Trinajstić information content (AvgIpc) is 2.82. The number of hydrogen-bond donors (Lipinski definition) is 1. The first-order valence-corrected chi connectivity index (χ1v) is 6.38. The Kier molecular flexibility index (Phi) is 2.63. The van der Waals surface area contributed by atoms with Crippen LogP contribution in [0.25, 0.3) is 11.3 Å². The standard InChI is InChI=1S/C15H14FN3/c1-10-7-11(3-4-12(10)16)13-8-18-14(19-13)15(9-17)5-2-6-15/h3-4,7-8H,2,5-6H2,1H3,(H,18,19). The van der Waals surface area contributed by atoms with Crippen molar-refractivity contribution in [3.8, 4) is 17.3 Å². The van der Waals surface area contributed by atoms with E-state index in [4.69, 9.17) is 0 Å². The minimum atomic E-state index is -0.437. The molecule has 0 spiro atoms. The normalized spacial score (nSPS) is 16.7. The summed E-state index contributed by atoms with van der Waals surface area (Å²) in [5, 5.41) is 9.29. The summed E-state index contributed by atoms with van der Waals surface area (Å²) in [6, 6.07) is 7.32. The molecule has 0 bridgehead atoms. The number of aromatic amines is 1. The molecule has 1 heterocycles. The number of imidazole rings is 1. The van der Waals surface area contributed by atoms with Crippen LogP contribution in [0.2, 0.25) is 0 Å². The van der Waals surface area contributed by atoms with Crippen molar-refractivity contribution < 1.29 is 4.39 Å². The number of benzene rings is 1.